The van der Waals surface area contributed by atoms with Crippen LogP contribution in [-0.4, -0.2) is 31.1 Å². The van der Waals surface area contributed by atoms with E-state index in [2.05, 4.69) is 4.72 Å². The van der Waals surface area contributed by atoms with Crippen LogP contribution in [0.25, 0.3) is 10.4 Å². The summed E-state index contributed by atoms with van der Waals surface area (Å²) in [5, 5.41) is 19.0. The van der Waals surface area contributed by atoms with E-state index in [-0.39, 0.29) is 9.67 Å². The Kier molecular flexibility index (Phi) is 4.79. The van der Waals surface area contributed by atoms with Crippen molar-refractivity contribution in [1.29, 1.82) is 0 Å². The molecule has 1 heterocycles. The van der Waals surface area contributed by atoms with Crippen LogP contribution in [0.15, 0.2) is 40.6 Å². The first-order valence-corrected chi connectivity index (χ1v) is 8.99. The van der Waals surface area contributed by atoms with Crippen LogP contribution >= 0.6 is 11.3 Å². The van der Waals surface area contributed by atoms with Gasteiger partial charge in [0.2, 0.25) is 10.0 Å². The first kappa shape index (κ1) is 17.2. The normalized spacial score (nSPS) is 12.4. The molecule has 0 spiro atoms. The third kappa shape index (κ3) is 3.96. The number of benzene rings is 1. The lowest BCUT2D eigenvalue weighted by molar-refractivity contribution is 0.424. The summed E-state index contributed by atoms with van der Waals surface area (Å²) in [6.45, 7) is 5.18. The molecule has 1 aromatic heterocycles. The van der Waals surface area contributed by atoms with Crippen LogP contribution in [0.5, 0.6) is 0 Å². The molecule has 0 saturated carbocycles. The average Bonchev–Trinajstić information content (AvgIpc) is 2.83. The number of nitrogens with one attached hydrogen (secondary N) is 1. The van der Waals surface area contributed by atoms with Crippen molar-refractivity contribution in [3.05, 3.63) is 36.4 Å². The minimum Gasteiger partial charge on any atom is -0.423 e. The number of sulfonamides is 1. The second kappa shape index (κ2) is 6.13. The fourth-order valence-corrected chi connectivity index (χ4v) is 5.10. The van der Waals surface area contributed by atoms with Crippen molar-refractivity contribution in [1.82, 2.24) is 4.72 Å². The highest BCUT2D eigenvalue weighted by molar-refractivity contribution is 7.92. The van der Waals surface area contributed by atoms with Crippen LogP contribution in [0.3, 0.4) is 0 Å². The van der Waals surface area contributed by atoms with Gasteiger partial charge in [0.05, 0.1) is 0 Å². The van der Waals surface area contributed by atoms with Crippen LogP contribution in [0.4, 0.5) is 0 Å². The van der Waals surface area contributed by atoms with E-state index in [9.17, 15) is 18.5 Å². The van der Waals surface area contributed by atoms with E-state index >= 15 is 0 Å². The summed E-state index contributed by atoms with van der Waals surface area (Å²) in [5.74, 6) is 0. The van der Waals surface area contributed by atoms with E-state index in [1.165, 1.54) is 6.07 Å². The van der Waals surface area contributed by atoms with Gasteiger partial charge in [0, 0.05) is 15.9 Å². The molecule has 3 N–H and O–H groups in total. The van der Waals surface area contributed by atoms with Crippen LogP contribution in [0.1, 0.15) is 20.8 Å². The summed E-state index contributed by atoms with van der Waals surface area (Å²) in [4.78, 5) is 0.665. The van der Waals surface area contributed by atoms with Crippen molar-refractivity contribution >= 4 is 33.9 Å². The van der Waals surface area contributed by atoms with Gasteiger partial charge in [-0.25, -0.2) is 13.1 Å². The Balaban J connectivity index is 2.54. The summed E-state index contributed by atoms with van der Waals surface area (Å²) in [5.41, 5.74) is 0.153. The van der Waals surface area contributed by atoms with Gasteiger partial charge in [-0.1, -0.05) is 30.3 Å². The maximum atomic E-state index is 12.5. The van der Waals surface area contributed by atoms with E-state index in [1.54, 1.807) is 20.8 Å². The fourth-order valence-electron chi connectivity index (χ4n) is 1.97. The Morgan fingerprint density at radius 2 is 1.73 bits per heavy atom. The highest BCUT2D eigenvalue weighted by Gasteiger charge is 2.31. The van der Waals surface area contributed by atoms with Gasteiger partial charge in [-0.3, -0.25) is 0 Å². The maximum Gasteiger partial charge on any atom is 0.490 e. The van der Waals surface area contributed by atoms with Gasteiger partial charge in [-0.15, -0.1) is 11.3 Å². The predicted octanol–water partition coefficient (Wildman–Crippen LogP) is 1.17. The summed E-state index contributed by atoms with van der Waals surface area (Å²) in [6, 6.07) is 10.7. The number of hydrogen-bond acceptors (Lipinski definition) is 5. The molecule has 22 heavy (non-hydrogen) atoms. The van der Waals surface area contributed by atoms with Gasteiger partial charge in [0.15, 0.2) is 0 Å². The Morgan fingerprint density at radius 1 is 1.14 bits per heavy atom. The topological polar surface area (TPSA) is 86.6 Å². The molecular formula is C14H18BNO4S2. The molecular weight excluding hydrogens is 321 g/mol. The lowest BCUT2D eigenvalue weighted by atomic mass is 9.82. The largest absolute Gasteiger partial charge is 0.490 e. The number of rotatable bonds is 4. The van der Waals surface area contributed by atoms with Gasteiger partial charge in [-0.05, 0) is 32.4 Å². The van der Waals surface area contributed by atoms with Gasteiger partial charge in [-0.2, -0.15) is 0 Å². The molecule has 0 radical (unpaired) electrons. The van der Waals surface area contributed by atoms with Gasteiger partial charge < -0.3 is 10.0 Å². The van der Waals surface area contributed by atoms with Gasteiger partial charge in [0.25, 0.3) is 0 Å². The molecule has 2 aromatic rings. The molecule has 0 aliphatic rings. The minimum atomic E-state index is -3.83. The standard InChI is InChI=1S/C14H18BNO4S2/c1-14(2,3)16-22(19,20)13-11(15(17)18)9-12(21-13)10-7-5-4-6-8-10/h4-9,16-18H,1-3H3. The lowest BCUT2D eigenvalue weighted by Gasteiger charge is -2.20. The zero-order chi connectivity index (χ0) is 16.5. The molecule has 1 aromatic carbocycles. The Bertz CT molecular complexity index is 749. The van der Waals surface area contributed by atoms with Crippen molar-refractivity contribution in [3.63, 3.8) is 0 Å². The molecule has 0 atom stereocenters. The van der Waals surface area contributed by atoms with Crippen LogP contribution in [0, 0.1) is 0 Å². The number of thiophene rings is 1. The second-order valence-electron chi connectivity index (χ2n) is 5.95. The highest BCUT2D eigenvalue weighted by atomic mass is 32.2. The lowest BCUT2D eigenvalue weighted by Crippen LogP contribution is -2.43. The Labute approximate surface area is 134 Å². The minimum absolute atomic E-state index is 0.0133. The first-order chi connectivity index (χ1) is 10.1. The zero-order valence-corrected chi connectivity index (χ0v) is 14.2. The molecule has 0 fully saturated rings. The van der Waals surface area contributed by atoms with Crippen LogP contribution in [0.2, 0.25) is 0 Å². The highest BCUT2D eigenvalue weighted by Crippen LogP contribution is 2.30. The molecule has 0 amide bonds. The van der Waals surface area contributed by atoms with Gasteiger partial charge in [0.1, 0.15) is 4.21 Å². The van der Waals surface area contributed by atoms with E-state index in [1.807, 2.05) is 30.3 Å². The zero-order valence-electron chi connectivity index (χ0n) is 12.6. The molecule has 0 aliphatic carbocycles. The maximum absolute atomic E-state index is 12.5. The van der Waals surface area contributed by atoms with E-state index < -0.39 is 22.7 Å². The van der Waals surface area contributed by atoms with Crippen molar-refractivity contribution in [3.8, 4) is 10.4 Å². The van der Waals surface area contributed by atoms with Crippen molar-refractivity contribution in [2.45, 2.75) is 30.5 Å². The van der Waals surface area contributed by atoms with E-state index in [4.69, 9.17) is 0 Å². The molecule has 118 valence electrons. The molecule has 8 heteroatoms. The summed E-state index contributed by atoms with van der Waals surface area (Å²) in [7, 11) is -5.68. The third-order valence-corrected chi connectivity index (χ3v) is 6.25. The van der Waals surface area contributed by atoms with Crippen LogP contribution in [-0.2, 0) is 10.0 Å². The van der Waals surface area contributed by atoms with E-state index in [0.29, 0.717) is 4.88 Å². The molecule has 0 aliphatic heterocycles. The van der Waals surface area contributed by atoms with E-state index in [0.717, 1.165) is 16.9 Å². The smallest absolute Gasteiger partial charge is 0.423 e. The van der Waals surface area contributed by atoms with Gasteiger partial charge >= 0.3 is 7.12 Å². The monoisotopic (exact) mass is 339 g/mol. The molecule has 0 unspecified atom stereocenters. The third-order valence-electron chi connectivity index (χ3n) is 2.75. The van der Waals surface area contributed by atoms with Crippen LogP contribution < -0.4 is 10.2 Å². The predicted molar refractivity (Wildman–Crippen MR) is 89.7 cm³/mol. The van der Waals surface area contributed by atoms with Crippen molar-refractivity contribution in [2.24, 2.45) is 0 Å². The Hall–Kier alpha value is -1.19. The fraction of sp³-hybridized carbons (Fsp3) is 0.286. The number of hydrogen-bond donors (Lipinski definition) is 3. The Morgan fingerprint density at radius 3 is 2.23 bits per heavy atom. The molecule has 0 saturated heterocycles. The molecule has 2 rings (SSSR count). The molecule has 0 bridgehead atoms. The van der Waals surface area contributed by atoms with Crippen molar-refractivity contribution < 1.29 is 18.5 Å². The summed E-state index contributed by atoms with van der Waals surface area (Å²) >= 11 is 1.02. The summed E-state index contributed by atoms with van der Waals surface area (Å²) in [6.07, 6.45) is 0. The molecule has 5 nitrogen and oxygen atoms in total. The SMILES string of the molecule is CC(C)(C)NS(=O)(=O)c1sc(-c2ccccc2)cc1B(O)O. The average molecular weight is 339 g/mol. The summed E-state index contributed by atoms with van der Waals surface area (Å²) < 4.78 is 27.4. The van der Waals surface area contributed by atoms with Crippen molar-refractivity contribution in [2.75, 3.05) is 0 Å². The second-order valence-corrected chi connectivity index (χ2v) is 8.88. The quantitative estimate of drug-likeness (QED) is 0.730. The first-order valence-electron chi connectivity index (χ1n) is 6.69.